The van der Waals surface area contributed by atoms with Crippen LogP contribution in [-0.4, -0.2) is 32.6 Å². The summed E-state index contributed by atoms with van der Waals surface area (Å²) >= 11 is 3.46. The molecule has 0 aliphatic carbocycles. The summed E-state index contributed by atoms with van der Waals surface area (Å²) in [7, 11) is 0. The van der Waals surface area contributed by atoms with Gasteiger partial charge in [-0.15, -0.1) is 0 Å². The molecule has 0 aliphatic rings. The van der Waals surface area contributed by atoms with Gasteiger partial charge in [-0.2, -0.15) is 0 Å². The van der Waals surface area contributed by atoms with E-state index in [1.54, 1.807) is 6.20 Å². The lowest BCUT2D eigenvalue weighted by Crippen LogP contribution is -2.07. The Morgan fingerprint density at radius 2 is 2.26 bits per heavy atom. The molecule has 0 bridgehead atoms. The van der Waals surface area contributed by atoms with Gasteiger partial charge in [0.05, 0.1) is 11.0 Å². The molecule has 5 nitrogen and oxygen atoms in total. The number of aliphatic hydroxyl groups is 1. The van der Waals surface area contributed by atoms with Gasteiger partial charge in [-0.25, -0.2) is 9.97 Å². The fraction of sp³-hybridized carbons (Fsp3) is 0.231. The minimum atomic E-state index is 0.164. The zero-order valence-electron chi connectivity index (χ0n) is 10.2. The monoisotopic (exact) mass is 320 g/mol. The summed E-state index contributed by atoms with van der Waals surface area (Å²) in [6.07, 6.45) is 4.37. The van der Waals surface area contributed by atoms with E-state index in [0.29, 0.717) is 13.0 Å². The van der Waals surface area contributed by atoms with Crippen LogP contribution in [0.2, 0.25) is 0 Å². The summed E-state index contributed by atoms with van der Waals surface area (Å²) in [4.78, 5) is 8.94. The molecule has 1 aromatic carbocycles. The summed E-state index contributed by atoms with van der Waals surface area (Å²) in [5.41, 5.74) is 2.71. The first-order chi connectivity index (χ1) is 9.29. The molecule has 0 atom stereocenters. The average Bonchev–Trinajstić information content (AvgIpc) is 2.88. The normalized spacial score (nSPS) is 11.3. The maximum Gasteiger partial charge on any atom is 0.180 e. The maximum atomic E-state index is 8.84. The summed E-state index contributed by atoms with van der Waals surface area (Å²) in [6.45, 7) is 0.836. The topological polar surface area (TPSA) is 62.5 Å². The second-order valence-electron chi connectivity index (χ2n) is 4.22. The zero-order chi connectivity index (χ0) is 13.2. The molecule has 3 aromatic rings. The van der Waals surface area contributed by atoms with E-state index in [0.717, 1.165) is 27.0 Å². The molecule has 0 saturated carbocycles. The zero-order valence-corrected chi connectivity index (χ0v) is 11.8. The number of benzene rings is 1. The van der Waals surface area contributed by atoms with E-state index in [-0.39, 0.29) is 6.61 Å². The number of nitrogens with one attached hydrogen (secondary N) is 1. The summed E-state index contributed by atoms with van der Waals surface area (Å²) in [5.74, 6) is 0.740. The summed E-state index contributed by atoms with van der Waals surface area (Å²) in [5, 5.41) is 12.1. The van der Waals surface area contributed by atoms with Crippen LogP contribution < -0.4 is 5.32 Å². The Kier molecular flexibility index (Phi) is 3.35. The molecule has 98 valence electrons. The predicted molar refractivity (Wildman–Crippen MR) is 78.4 cm³/mol. The number of halogens is 1. The smallest absolute Gasteiger partial charge is 0.180 e. The number of nitrogens with zero attached hydrogens (tertiary/aromatic N) is 3. The molecule has 0 radical (unpaired) electrons. The molecule has 0 amide bonds. The highest BCUT2D eigenvalue weighted by atomic mass is 79.9. The highest BCUT2D eigenvalue weighted by molar-refractivity contribution is 9.10. The van der Waals surface area contributed by atoms with E-state index >= 15 is 0 Å². The van der Waals surface area contributed by atoms with E-state index in [2.05, 4.69) is 31.2 Å². The number of aliphatic hydroxyl groups excluding tert-OH is 1. The molecule has 6 heteroatoms. The van der Waals surface area contributed by atoms with Gasteiger partial charge in [0.15, 0.2) is 11.5 Å². The van der Waals surface area contributed by atoms with Crippen molar-refractivity contribution in [3.63, 3.8) is 0 Å². The average molecular weight is 321 g/mol. The lowest BCUT2D eigenvalue weighted by atomic mass is 10.3. The second kappa shape index (κ2) is 5.14. The molecule has 0 aliphatic heterocycles. The molecular weight excluding hydrogens is 308 g/mol. The third kappa shape index (κ3) is 2.29. The first kappa shape index (κ1) is 12.4. The Morgan fingerprint density at radius 3 is 3.11 bits per heavy atom. The van der Waals surface area contributed by atoms with Gasteiger partial charge in [0.1, 0.15) is 0 Å². The Labute approximate surface area is 118 Å². The van der Waals surface area contributed by atoms with Crippen LogP contribution in [0.4, 0.5) is 5.82 Å². The van der Waals surface area contributed by atoms with Crippen molar-refractivity contribution in [2.24, 2.45) is 0 Å². The van der Waals surface area contributed by atoms with Crippen molar-refractivity contribution >= 4 is 38.4 Å². The van der Waals surface area contributed by atoms with Crippen LogP contribution in [0.25, 0.3) is 16.7 Å². The lowest BCUT2D eigenvalue weighted by molar-refractivity contribution is 0.292. The fourth-order valence-corrected chi connectivity index (χ4v) is 2.39. The second-order valence-corrected chi connectivity index (χ2v) is 5.13. The number of rotatable bonds is 4. The van der Waals surface area contributed by atoms with Gasteiger partial charge in [0.25, 0.3) is 0 Å². The molecule has 3 rings (SSSR count). The number of fused-ring (bicyclic) bond motifs is 3. The lowest BCUT2D eigenvalue weighted by Gasteiger charge is -2.09. The molecule has 0 fully saturated rings. The van der Waals surface area contributed by atoms with Gasteiger partial charge in [-0.1, -0.05) is 15.9 Å². The van der Waals surface area contributed by atoms with E-state index in [1.807, 2.05) is 28.8 Å². The SMILES string of the molecule is OCCCNc1nc2cc(Br)ccc2n2ccnc12. The van der Waals surface area contributed by atoms with E-state index in [9.17, 15) is 0 Å². The van der Waals surface area contributed by atoms with Gasteiger partial charge < -0.3 is 10.4 Å². The predicted octanol–water partition coefficient (Wildman–Crippen LogP) is 2.44. The van der Waals surface area contributed by atoms with Crippen molar-refractivity contribution < 1.29 is 5.11 Å². The molecular formula is C13H13BrN4O. The minimum absolute atomic E-state index is 0.164. The maximum absolute atomic E-state index is 8.84. The van der Waals surface area contributed by atoms with Crippen LogP contribution >= 0.6 is 15.9 Å². The van der Waals surface area contributed by atoms with Gasteiger partial charge in [0.2, 0.25) is 0 Å². The molecule has 0 unspecified atom stereocenters. The molecule has 2 N–H and O–H groups in total. The van der Waals surface area contributed by atoms with Crippen molar-refractivity contribution in [2.75, 3.05) is 18.5 Å². The number of imidazole rings is 1. The minimum Gasteiger partial charge on any atom is -0.396 e. The van der Waals surface area contributed by atoms with Gasteiger partial charge >= 0.3 is 0 Å². The van der Waals surface area contributed by atoms with Crippen LogP contribution in [0.5, 0.6) is 0 Å². The standard InChI is InChI=1S/C13H13BrN4O/c14-9-2-3-11-10(8-9)17-12(15-4-1-7-19)13-16-5-6-18(11)13/h2-3,5-6,8,19H,1,4,7H2,(H,15,17). The number of hydrogen-bond acceptors (Lipinski definition) is 4. The number of hydrogen-bond donors (Lipinski definition) is 2. The fourth-order valence-electron chi connectivity index (χ4n) is 2.04. The van der Waals surface area contributed by atoms with Crippen LogP contribution in [-0.2, 0) is 0 Å². The Bertz CT molecular complexity index is 725. The van der Waals surface area contributed by atoms with Crippen molar-refractivity contribution in [3.05, 3.63) is 35.1 Å². The van der Waals surface area contributed by atoms with Crippen LogP contribution in [0.15, 0.2) is 35.1 Å². The Hall–Kier alpha value is -1.66. The highest BCUT2D eigenvalue weighted by Crippen LogP contribution is 2.23. The first-order valence-electron chi connectivity index (χ1n) is 6.06. The molecule has 2 heterocycles. The molecule has 19 heavy (non-hydrogen) atoms. The van der Waals surface area contributed by atoms with E-state index in [4.69, 9.17) is 5.11 Å². The van der Waals surface area contributed by atoms with E-state index < -0.39 is 0 Å². The first-order valence-corrected chi connectivity index (χ1v) is 6.86. The van der Waals surface area contributed by atoms with Gasteiger partial charge in [-0.3, -0.25) is 4.40 Å². The largest absolute Gasteiger partial charge is 0.396 e. The van der Waals surface area contributed by atoms with Crippen molar-refractivity contribution in [1.82, 2.24) is 14.4 Å². The molecule has 0 spiro atoms. The number of anilines is 1. The third-order valence-electron chi connectivity index (χ3n) is 2.91. The van der Waals surface area contributed by atoms with Crippen LogP contribution in [0.1, 0.15) is 6.42 Å². The van der Waals surface area contributed by atoms with Crippen molar-refractivity contribution in [3.8, 4) is 0 Å². The van der Waals surface area contributed by atoms with Crippen molar-refractivity contribution in [2.45, 2.75) is 6.42 Å². The van der Waals surface area contributed by atoms with Gasteiger partial charge in [0, 0.05) is 30.0 Å². The van der Waals surface area contributed by atoms with Gasteiger partial charge in [-0.05, 0) is 24.6 Å². The van der Waals surface area contributed by atoms with E-state index in [1.165, 1.54) is 0 Å². The van der Waals surface area contributed by atoms with Crippen LogP contribution in [0, 0.1) is 0 Å². The highest BCUT2D eigenvalue weighted by Gasteiger charge is 2.09. The van der Waals surface area contributed by atoms with Crippen molar-refractivity contribution in [1.29, 1.82) is 0 Å². The Morgan fingerprint density at radius 1 is 1.37 bits per heavy atom. The quantitative estimate of drug-likeness (QED) is 0.725. The summed E-state index contributed by atoms with van der Waals surface area (Å²) < 4.78 is 3.00. The summed E-state index contributed by atoms with van der Waals surface area (Å²) in [6, 6.07) is 5.98. The number of aromatic nitrogens is 3. The van der Waals surface area contributed by atoms with Crippen LogP contribution in [0.3, 0.4) is 0 Å². The Balaban J connectivity index is 2.15. The molecule has 2 aromatic heterocycles. The molecule has 0 saturated heterocycles. The third-order valence-corrected chi connectivity index (χ3v) is 3.40.